The maximum Gasteiger partial charge on any atom is 0.0499 e. The Balaban J connectivity index is 2.72. The number of benzene rings is 1. The van der Waals surface area contributed by atoms with E-state index in [2.05, 4.69) is 58.1 Å². The third-order valence-electron chi connectivity index (χ3n) is 4.51. The summed E-state index contributed by atoms with van der Waals surface area (Å²) < 4.78 is 0. The van der Waals surface area contributed by atoms with Gasteiger partial charge in [-0.25, -0.2) is 0 Å². The Morgan fingerprint density at radius 3 is 2.32 bits per heavy atom. The van der Waals surface area contributed by atoms with E-state index in [0.29, 0.717) is 6.04 Å². The molecule has 0 aliphatic carbocycles. The van der Waals surface area contributed by atoms with Gasteiger partial charge in [0.05, 0.1) is 0 Å². The van der Waals surface area contributed by atoms with E-state index in [-0.39, 0.29) is 12.0 Å². The number of aliphatic hydroxyl groups is 1. The zero-order valence-electron chi connectivity index (χ0n) is 13.1. The highest BCUT2D eigenvalue weighted by molar-refractivity contribution is 5.32. The predicted octanol–water partition coefficient (Wildman–Crippen LogP) is 3.75. The summed E-state index contributed by atoms with van der Waals surface area (Å²) in [5.74, 6) is 0. The van der Waals surface area contributed by atoms with Crippen molar-refractivity contribution in [3.63, 3.8) is 0 Å². The minimum absolute atomic E-state index is 0.0207. The van der Waals surface area contributed by atoms with Gasteiger partial charge in [-0.1, -0.05) is 37.6 Å². The molecule has 1 aromatic carbocycles. The molecule has 0 aliphatic rings. The molecule has 0 saturated heterocycles. The van der Waals surface area contributed by atoms with Gasteiger partial charge in [-0.2, -0.15) is 0 Å². The van der Waals surface area contributed by atoms with Crippen molar-refractivity contribution in [3.8, 4) is 0 Å². The Hall–Kier alpha value is -0.860. The molecule has 0 saturated carbocycles. The monoisotopic (exact) mass is 263 g/mol. The van der Waals surface area contributed by atoms with Gasteiger partial charge in [0, 0.05) is 24.6 Å². The lowest BCUT2D eigenvalue weighted by atomic mass is 9.83. The molecule has 0 heterocycles. The highest BCUT2D eigenvalue weighted by Gasteiger charge is 2.25. The number of hydrogen-bond donors (Lipinski definition) is 2. The second-order valence-electron chi connectivity index (χ2n) is 5.83. The average molecular weight is 263 g/mol. The number of nitrogens with one attached hydrogen (secondary N) is 1. The van der Waals surface area contributed by atoms with Crippen LogP contribution in [-0.4, -0.2) is 18.3 Å². The van der Waals surface area contributed by atoms with Crippen molar-refractivity contribution in [1.82, 2.24) is 5.32 Å². The summed E-state index contributed by atoms with van der Waals surface area (Å²) >= 11 is 0. The summed E-state index contributed by atoms with van der Waals surface area (Å²) in [5, 5.41) is 13.2. The van der Waals surface area contributed by atoms with Crippen LogP contribution in [0.15, 0.2) is 18.2 Å². The Kier molecular flexibility index (Phi) is 6.02. The maximum absolute atomic E-state index is 9.61. The van der Waals surface area contributed by atoms with Crippen LogP contribution in [0.5, 0.6) is 0 Å². The molecular formula is C17H29NO. The Bertz CT molecular complexity index is 388. The van der Waals surface area contributed by atoms with E-state index in [4.69, 9.17) is 0 Å². The fourth-order valence-corrected chi connectivity index (χ4v) is 2.57. The van der Waals surface area contributed by atoms with Gasteiger partial charge >= 0.3 is 0 Å². The van der Waals surface area contributed by atoms with Crippen molar-refractivity contribution in [2.24, 2.45) is 5.41 Å². The van der Waals surface area contributed by atoms with Crippen molar-refractivity contribution >= 4 is 0 Å². The number of rotatable bonds is 7. The third-order valence-corrected chi connectivity index (χ3v) is 4.51. The van der Waals surface area contributed by atoms with Crippen LogP contribution in [0.1, 0.15) is 56.3 Å². The molecule has 108 valence electrons. The summed E-state index contributed by atoms with van der Waals surface area (Å²) in [6.45, 7) is 11.9. The molecule has 0 spiro atoms. The second kappa shape index (κ2) is 7.06. The molecule has 1 rings (SSSR count). The summed E-state index contributed by atoms with van der Waals surface area (Å²) in [6, 6.07) is 6.93. The van der Waals surface area contributed by atoms with Crippen LogP contribution in [0.4, 0.5) is 0 Å². The Morgan fingerprint density at radius 1 is 1.21 bits per heavy atom. The van der Waals surface area contributed by atoms with Gasteiger partial charge in [0.25, 0.3) is 0 Å². The van der Waals surface area contributed by atoms with Crippen molar-refractivity contribution in [2.75, 3.05) is 13.2 Å². The maximum atomic E-state index is 9.61. The van der Waals surface area contributed by atoms with E-state index >= 15 is 0 Å². The normalized spacial score (nSPS) is 13.6. The van der Waals surface area contributed by atoms with Crippen LogP contribution in [-0.2, 0) is 0 Å². The Labute approximate surface area is 118 Å². The number of hydrogen-bond acceptors (Lipinski definition) is 2. The van der Waals surface area contributed by atoms with Crippen molar-refractivity contribution in [2.45, 2.75) is 53.5 Å². The lowest BCUT2D eigenvalue weighted by Crippen LogP contribution is -2.37. The van der Waals surface area contributed by atoms with E-state index < -0.39 is 0 Å². The van der Waals surface area contributed by atoms with Gasteiger partial charge < -0.3 is 10.4 Å². The smallest absolute Gasteiger partial charge is 0.0499 e. The summed E-state index contributed by atoms with van der Waals surface area (Å²) in [4.78, 5) is 0. The lowest BCUT2D eigenvalue weighted by molar-refractivity contribution is 0.110. The summed E-state index contributed by atoms with van der Waals surface area (Å²) in [5.41, 5.74) is 4.01. The molecule has 2 nitrogen and oxygen atoms in total. The van der Waals surface area contributed by atoms with E-state index in [1.54, 1.807) is 0 Å². The van der Waals surface area contributed by atoms with E-state index in [1.807, 2.05) is 0 Å². The van der Waals surface area contributed by atoms with Crippen LogP contribution < -0.4 is 5.32 Å². The third kappa shape index (κ3) is 4.05. The minimum Gasteiger partial charge on any atom is -0.396 e. The molecule has 0 aromatic heterocycles. The van der Waals surface area contributed by atoms with Gasteiger partial charge in [-0.15, -0.1) is 0 Å². The molecule has 2 N–H and O–H groups in total. The van der Waals surface area contributed by atoms with Crippen LogP contribution in [0, 0.1) is 19.3 Å². The second-order valence-corrected chi connectivity index (χ2v) is 5.83. The number of aliphatic hydroxyl groups excluding tert-OH is 1. The molecule has 1 unspecified atom stereocenters. The average Bonchev–Trinajstić information content (AvgIpc) is 2.40. The van der Waals surface area contributed by atoms with Gasteiger partial charge in [0.2, 0.25) is 0 Å². The van der Waals surface area contributed by atoms with E-state index in [9.17, 15) is 5.11 Å². The standard InChI is InChI=1S/C17H29NO/c1-6-17(7-2,12-19)11-18-15(5)16-9-8-13(3)10-14(16)4/h8-10,15,18-19H,6-7,11-12H2,1-5H3. The largest absolute Gasteiger partial charge is 0.396 e. The zero-order chi connectivity index (χ0) is 14.5. The van der Waals surface area contributed by atoms with Gasteiger partial charge in [-0.3, -0.25) is 0 Å². The molecule has 0 bridgehead atoms. The molecule has 1 atom stereocenters. The van der Waals surface area contributed by atoms with Crippen molar-refractivity contribution < 1.29 is 5.11 Å². The molecule has 1 aromatic rings. The highest BCUT2D eigenvalue weighted by Crippen LogP contribution is 2.26. The number of aryl methyl sites for hydroxylation is 2. The van der Waals surface area contributed by atoms with Gasteiger partial charge in [0.15, 0.2) is 0 Å². The molecular weight excluding hydrogens is 234 g/mol. The first kappa shape index (κ1) is 16.2. The topological polar surface area (TPSA) is 32.3 Å². The summed E-state index contributed by atoms with van der Waals surface area (Å²) in [7, 11) is 0. The van der Waals surface area contributed by atoms with Crippen LogP contribution in [0.25, 0.3) is 0 Å². The molecule has 0 amide bonds. The first-order chi connectivity index (χ1) is 8.98. The molecule has 0 radical (unpaired) electrons. The molecule has 0 aliphatic heterocycles. The van der Waals surface area contributed by atoms with Crippen LogP contribution in [0.2, 0.25) is 0 Å². The van der Waals surface area contributed by atoms with Crippen LogP contribution in [0.3, 0.4) is 0 Å². The first-order valence-corrected chi connectivity index (χ1v) is 7.39. The molecule has 2 heteroatoms. The van der Waals surface area contributed by atoms with Gasteiger partial charge in [0.1, 0.15) is 0 Å². The quantitative estimate of drug-likeness (QED) is 0.785. The fourth-order valence-electron chi connectivity index (χ4n) is 2.57. The Morgan fingerprint density at radius 2 is 1.84 bits per heavy atom. The van der Waals surface area contributed by atoms with Crippen LogP contribution >= 0.6 is 0 Å². The zero-order valence-corrected chi connectivity index (χ0v) is 13.1. The molecule has 19 heavy (non-hydrogen) atoms. The predicted molar refractivity (Wildman–Crippen MR) is 82.4 cm³/mol. The molecule has 0 fully saturated rings. The first-order valence-electron chi connectivity index (χ1n) is 7.39. The van der Waals surface area contributed by atoms with Crippen molar-refractivity contribution in [3.05, 3.63) is 34.9 Å². The highest BCUT2D eigenvalue weighted by atomic mass is 16.3. The fraction of sp³-hybridized carbons (Fsp3) is 0.647. The van der Waals surface area contributed by atoms with E-state index in [0.717, 1.165) is 19.4 Å². The summed E-state index contributed by atoms with van der Waals surface area (Å²) in [6.07, 6.45) is 2.01. The van der Waals surface area contributed by atoms with E-state index in [1.165, 1.54) is 16.7 Å². The van der Waals surface area contributed by atoms with Crippen molar-refractivity contribution in [1.29, 1.82) is 0 Å². The SMILES string of the molecule is CCC(CC)(CO)CNC(C)c1ccc(C)cc1C. The lowest BCUT2D eigenvalue weighted by Gasteiger charge is -2.31. The minimum atomic E-state index is 0.0207. The van der Waals surface area contributed by atoms with Gasteiger partial charge in [-0.05, 0) is 44.7 Å².